The van der Waals surface area contributed by atoms with Crippen molar-refractivity contribution in [2.24, 2.45) is 0 Å². The number of fused-ring (bicyclic) bond motifs is 2. The molecule has 2 aliphatic carbocycles. The van der Waals surface area contributed by atoms with Gasteiger partial charge in [-0.2, -0.15) is 8.42 Å². The van der Waals surface area contributed by atoms with Crippen molar-refractivity contribution < 1.29 is 17.7 Å². The Morgan fingerprint density at radius 2 is 1.77 bits per heavy atom. The topological polar surface area (TPSA) is 63.6 Å². The zero-order chi connectivity index (χ0) is 9.74. The van der Waals surface area contributed by atoms with Crippen LogP contribution >= 0.6 is 0 Å². The molecule has 1 N–H and O–H groups in total. The minimum absolute atomic E-state index is 0.268. The van der Waals surface area contributed by atoms with Crippen molar-refractivity contribution in [2.75, 3.05) is 7.11 Å². The van der Waals surface area contributed by atoms with Gasteiger partial charge in [-0.15, -0.1) is 0 Å². The Labute approximate surface area is 78.0 Å². The minimum Gasteiger partial charge on any atom is -0.378 e. The van der Waals surface area contributed by atoms with Gasteiger partial charge in [0.2, 0.25) is 0 Å². The third-order valence-electron chi connectivity index (χ3n) is 3.70. The first-order chi connectivity index (χ1) is 5.93. The van der Waals surface area contributed by atoms with Crippen LogP contribution in [0, 0.1) is 0 Å². The Morgan fingerprint density at radius 3 is 2.00 bits per heavy atom. The summed E-state index contributed by atoms with van der Waals surface area (Å²) < 4.78 is 35.9. The van der Waals surface area contributed by atoms with Crippen LogP contribution in [0.3, 0.4) is 0 Å². The summed E-state index contributed by atoms with van der Waals surface area (Å²) in [7, 11) is -2.28. The van der Waals surface area contributed by atoms with Gasteiger partial charge in [0, 0.05) is 7.11 Å². The van der Waals surface area contributed by atoms with Crippen LogP contribution in [0.4, 0.5) is 0 Å². The Morgan fingerprint density at radius 1 is 1.23 bits per heavy atom. The number of methoxy groups -OCH3 is 1. The predicted molar refractivity (Wildman–Crippen MR) is 47.1 cm³/mol. The molecule has 0 radical (unpaired) electrons. The van der Waals surface area contributed by atoms with E-state index in [0.717, 1.165) is 12.8 Å². The fraction of sp³-hybridized carbons (Fsp3) is 1.00. The summed E-state index contributed by atoms with van der Waals surface area (Å²) >= 11 is 0. The molecule has 0 unspecified atom stereocenters. The van der Waals surface area contributed by atoms with E-state index in [4.69, 9.17) is 9.29 Å². The van der Waals surface area contributed by atoms with Gasteiger partial charge in [0.25, 0.3) is 10.1 Å². The van der Waals surface area contributed by atoms with Gasteiger partial charge < -0.3 is 4.74 Å². The largest absolute Gasteiger partial charge is 0.378 e. The molecule has 2 rings (SSSR count). The van der Waals surface area contributed by atoms with Gasteiger partial charge in [0.1, 0.15) is 4.75 Å². The van der Waals surface area contributed by atoms with Crippen LogP contribution in [0.2, 0.25) is 0 Å². The highest BCUT2D eigenvalue weighted by molar-refractivity contribution is 7.87. The van der Waals surface area contributed by atoms with Crippen molar-refractivity contribution in [3.05, 3.63) is 0 Å². The van der Waals surface area contributed by atoms with Crippen LogP contribution in [0.1, 0.15) is 32.1 Å². The summed E-state index contributed by atoms with van der Waals surface area (Å²) in [4.78, 5) is 0. The average molecular weight is 206 g/mol. The summed E-state index contributed by atoms with van der Waals surface area (Å²) in [5, 5.41) is 0. The van der Waals surface area contributed by atoms with Crippen LogP contribution in [0.5, 0.6) is 0 Å². The number of ether oxygens (including phenoxy) is 1. The first-order valence-electron chi connectivity index (χ1n) is 4.45. The lowest BCUT2D eigenvalue weighted by atomic mass is 9.97. The van der Waals surface area contributed by atoms with Gasteiger partial charge in [-0.05, 0) is 32.1 Å². The van der Waals surface area contributed by atoms with Crippen LogP contribution in [0.25, 0.3) is 0 Å². The van der Waals surface area contributed by atoms with Gasteiger partial charge in [-0.3, -0.25) is 4.55 Å². The van der Waals surface area contributed by atoms with E-state index in [-0.39, 0.29) is 5.60 Å². The third kappa shape index (κ3) is 1.14. The highest BCUT2D eigenvalue weighted by Crippen LogP contribution is 2.55. The van der Waals surface area contributed by atoms with E-state index in [0.29, 0.717) is 19.3 Å². The molecule has 0 aromatic rings. The Kier molecular flexibility index (Phi) is 1.78. The summed E-state index contributed by atoms with van der Waals surface area (Å²) in [6, 6.07) is 0. The van der Waals surface area contributed by atoms with Crippen molar-refractivity contribution in [1.29, 1.82) is 0 Å². The molecule has 0 atom stereocenters. The molecule has 0 aromatic carbocycles. The molecule has 0 amide bonds. The molecule has 0 saturated heterocycles. The fourth-order valence-corrected chi connectivity index (χ4v) is 3.89. The van der Waals surface area contributed by atoms with Gasteiger partial charge in [0.15, 0.2) is 0 Å². The molecular weight excluding hydrogens is 192 g/mol. The molecule has 5 heteroatoms. The molecule has 76 valence electrons. The van der Waals surface area contributed by atoms with Gasteiger partial charge >= 0.3 is 0 Å². The second-order valence-corrected chi connectivity index (χ2v) is 6.04. The summed E-state index contributed by atoms with van der Waals surface area (Å²) in [5.41, 5.74) is -0.268. The Bertz CT molecular complexity index is 311. The molecule has 2 fully saturated rings. The van der Waals surface area contributed by atoms with Crippen molar-refractivity contribution in [1.82, 2.24) is 0 Å². The number of hydrogen-bond acceptors (Lipinski definition) is 3. The zero-order valence-corrected chi connectivity index (χ0v) is 8.43. The molecule has 0 heterocycles. The minimum atomic E-state index is -3.90. The van der Waals surface area contributed by atoms with Crippen molar-refractivity contribution in [3.63, 3.8) is 0 Å². The Balaban J connectivity index is 2.34. The SMILES string of the molecule is COC12CCC(S(=O)(=O)O)(CC1)C2. The standard InChI is InChI=1S/C8H14O4S/c1-12-7-2-4-8(6-7,5-3-7)13(9,10)11/h2-6H2,1H3,(H,9,10,11). The quantitative estimate of drug-likeness (QED) is 0.684. The van der Waals surface area contributed by atoms with Gasteiger partial charge in [-0.1, -0.05) is 0 Å². The first-order valence-corrected chi connectivity index (χ1v) is 5.89. The highest BCUT2D eigenvalue weighted by Gasteiger charge is 2.60. The smallest absolute Gasteiger partial charge is 0.270 e. The second-order valence-electron chi connectivity index (χ2n) is 4.22. The maximum absolute atomic E-state index is 11.2. The number of rotatable bonds is 2. The molecule has 0 spiro atoms. The van der Waals surface area contributed by atoms with Crippen LogP contribution < -0.4 is 0 Å². The molecule has 2 bridgehead atoms. The molecule has 4 nitrogen and oxygen atoms in total. The normalized spacial score (nSPS) is 44.2. The maximum Gasteiger partial charge on any atom is 0.270 e. The molecular formula is C8H14O4S. The Hall–Kier alpha value is -0.130. The lowest BCUT2D eigenvalue weighted by Crippen LogP contribution is -2.33. The summed E-state index contributed by atoms with van der Waals surface area (Å²) in [5.74, 6) is 0. The van der Waals surface area contributed by atoms with E-state index in [1.54, 1.807) is 7.11 Å². The van der Waals surface area contributed by atoms with E-state index in [9.17, 15) is 8.42 Å². The monoisotopic (exact) mass is 206 g/mol. The third-order valence-corrected chi connectivity index (χ3v) is 5.34. The number of hydrogen-bond donors (Lipinski definition) is 1. The van der Waals surface area contributed by atoms with E-state index >= 15 is 0 Å². The highest BCUT2D eigenvalue weighted by atomic mass is 32.2. The van der Waals surface area contributed by atoms with E-state index in [1.165, 1.54) is 0 Å². The van der Waals surface area contributed by atoms with E-state index in [1.807, 2.05) is 0 Å². The van der Waals surface area contributed by atoms with Crippen molar-refractivity contribution in [2.45, 2.75) is 42.5 Å². The average Bonchev–Trinajstić information content (AvgIpc) is 2.60. The first kappa shape index (κ1) is 9.43. The fourth-order valence-electron chi connectivity index (χ4n) is 2.73. The summed E-state index contributed by atoms with van der Waals surface area (Å²) in [6.07, 6.45) is 3.06. The molecule has 0 aromatic heterocycles. The van der Waals surface area contributed by atoms with Crippen molar-refractivity contribution >= 4 is 10.1 Å². The predicted octanol–water partition coefficient (Wildman–Crippen LogP) is 0.976. The molecule has 0 aliphatic heterocycles. The maximum atomic E-state index is 11.2. The zero-order valence-electron chi connectivity index (χ0n) is 7.62. The lowest BCUT2D eigenvalue weighted by Gasteiger charge is -2.24. The van der Waals surface area contributed by atoms with Crippen LogP contribution in [-0.2, 0) is 14.9 Å². The van der Waals surface area contributed by atoms with Gasteiger partial charge in [0.05, 0.1) is 5.60 Å². The molecule has 2 saturated carbocycles. The molecule has 13 heavy (non-hydrogen) atoms. The van der Waals surface area contributed by atoms with Crippen LogP contribution in [-0.4, -0.2) is 30.4 Å². The summed E-state index contributed by atoms with van der Waals surface area (Å²) in [6.45, 7) is 0. The van der Waals surface area contributed by atoms with Crippen LogP contribution in [0.15, 0.2) is 0 Å². The van der Waals surface area contributed by atoms with E-state index in [2.05, 4.69) is 0 Å². The lowest BCUT2D eigenvalue weighted by molar-refractivity contribution is -0.000283. The second kappa shape index (κ2) is 2.46. The van der Waals surface area contributed by atoms with Crippen molar-refractivity contribution in [3.8, 4) is 0 Å². The molecule has 2 aliphatic rings. The van der Waals surface area contributed by atoms with E-state index < -0.39 is 14.9 Å². The van der Waals surface area contributed by atoms with Gasteiger partial charge in [-0.25, -0.2) is 0 Å².